The summed E-state index contributed by atoms with van der Waals surface area (Å²) in [6, 6.07) is 16.9. The summed E-state index contributed by atoms with van der Waals surface area (Å²) in [6.07, 6.45) is 4.91. The number of nitriles is 1. The zero-order valence-electron chi connectivity index (χ0n) is 22.7. The Kier molecular flexibility index (Phi) is 7.05. The molecule has 0 bridgehead atoms. The summed E-state index contributed by atoms with van der Waals surface area (Å²) in [4.78, 5) is 22.8. The number of rotatable bonds is 9. The highest BCUT2D eigenvalue weighted by Gasteiger charge is 2.58. The largest absolute Gasteiger partial charge is 0.478 e. The van der Waals surface area contributed by atoms with Crippen LogP contribution in [0.4, 0.5) is 10.2 Å². The minimum absolute atomic E-state index is 0.00454. The Morgan fingerprint density at radius 1 is 1.22 bits per heavy atom. The van der Waals surface area contributed by atoms with E-state index >= 15 is 0 Å². The van der Waals surface area contributed by atoms with E-state index in [-0.39, 0.29) is 29.3 Å². The summed E-state index contributed by atoms with van der Waals surface area (Å²) in [7, 11) is 1.74. The van der Waals surface area contributed by atoms with Crippen LogP contribution in [0.3, 0.4) is 0 Å². The molecule has 4 aromatic rings. The van der Waals surface area contributed by atoms with Crippen molar-refractivity contribution < 1.29 is 23.8 Å². The number of aromatic nitrogens is 3. The molecule has 2 atom stereocenters. The van der Waals surface area contributed by atoms with Crippen LogP contribution in [0.2, 0.25) is 0 Å². The van der Waals surface area contributed by atoms with E-state index < -0.39 is 11.8 Å². The average Bonchev–Trinajstić information content (AvgIpc) is 3.53. The number of carboxylic acid groups (broad SMARTS) is 1. The number of pyridine rings is 1. The van der Waals surface area contributed by atoms with Gasteiger partial charge in [0.15, 0.2) is 0 Å². The highest BCUT2D eigenvalue weighted by atomic mass is 19.1. The number of carboxylic acids is 1. The number of imidazole rings is 1. The van der Waals surface area contributed by atoms with Gasteiger partial charge in [0.2, 0.25) is 5.88 Å². The first-order chi connectivity index (χ1) is 19.9. The molecule has 2 unspecified atom stereocenters. The zero-order valence-corrected chi connectivity index (χ0v) is 22.7. The summed E-state index contributed by atoms with van der Waals surface area (Å²) in [5, 5.41) is 18.3. The van der Waals surface area contributed by atoms with Gasteiger partial charge in [-0.25, -0.2) is 14.2 Å². The van der Waals surface area contributed by atoms with Gasteiger partial charge in [-0.05, 0) is 67.0 Å². The molecule has 2 fully saturated rings. The Morgan fingerprint density at radius 2 is 2.05 bits per heavy atom. The molecule has 0 radical (unpaired) electrons. The molecular weight excluding hydrogens is 525 g/mol. The lowest BCUT2D eigenvalue weighted by molar-refractivity contribution is 0.0548. The molecule has 9 nitrogen and oxygen atoms in total. The Morgan fingerprint density at radius 3 is 2.78 bits per heavy atom. The molecule has 210 valence electrons. The van der Waals surface area contributed by atoms with E-state index in [1.54, 1.807) is 49.8 Å². The molecule has 6 rings (SSSR count). The van der Waals surface area contributed by atoms with Crippen LogP contribution in [0.25, 0.3) is 11.0 Å². The number of hydrogen-bond donors (Lipinski definition) is 1. The molecule has 1 saturated heterocycles. The van der Waals surface area contributed by atoms with Gasteiger partial charge in [0.05, 0.1) is 47.2 Å². The number of aromatic carboxylic acids is 1. The van der Waals surface area contributed by atoms with Gasteiger partial charge < -0.3 is 24.0 Å². The highest BCUT2D eigenvalue weighted by molar-refractivity contribution is 5.92. The molecule has 0 amide bonds. The number of ether oxygens (including phenoxy) is 2. The minimum Gasteiger partial charge on any atom is -0.478 e. The first-order valence-electron chi connectivity index (χ1n) is 13.6. The summed E-state index contributed by atoms with van der Waals surface area (Å²) in [5.74, 6) is 0.245. The number of benzene rings is 2. The maximum atomic E-state index is 14.2. The van der Waals surface area contributed by atoms with Gasteiger partial charge in [-0.2, -0.15) is 10.2 Å². The first-order valence-corrected chi connectivity index (χ1v) is 13.6. The standard InChI is InChI=1S/C31H30FN5O4/c1-40-27(17-37-19-34-25-8-7-21(30(38)39)14-26(25)37)23-15-31(23)9-11-36(12-10-31)28-3-2-4-29(35-28)41-18-22-6-5-20(16-33)13-24(22)32/h2-8,13-14,19,23,27H,9-12,15,17-18H2,1H3,(H,38,39). The maximum Gasteiger partial charge on any atom is 0.335 e. The third kappa shape index (κ3) is 5.33. The third-order valence-electron chi connectivity index (χ3n) is 8.60. The predicted molar refractivity (Wildman–Crippen MR) is 149 cm³/mol. The monoisotopic (exact) mass is 555 g/mol. The number of hydrogen-bond acceptors (Lipinski definition) is 7. The van der Waals surface area contributed by atoms with Crippen molar-refractivity contribution in [3.05, 3.63) is 83.4 Å². The molecule has 2 aromatic carbocycles. The second-order valence-corrected chi connectivity index (χ2v) is 10.9. The first kappa shape index (κ1) is 26.7. The van der Waals surface area contributed by atoms with Crippen molar-refractivity contribution in [2.24, 2.45) is 11.3 Å². The number of methoxy groups -OCH3 is 1. The lowest BCUT2D eigenvalue weighted by Gasteiger charge is -2.34. The number of nitrogens with zero attached hydrogens (tertiary/aromatic N) is 5. The lowest BCUT2D eigenvalue weighted by atomic mass is 9.89. The molecule has 1 saturated carbocycles. The number of piperidine rings is 1. The van der Waals surface area contributed by atoms with Gasteiger partial charge in [0.1, 0.15) is 18.2 Å². The van der Waals surface area contributed by atoms with Crippen LogP contribution in [0.15, 0.2) is 60.9 Å². The van der Waals surface area contributed by atoms with Crippen LogP contribution in [-0.2, 0) is 17.9 Å². The van der Waals surface area contributed by atoms with Crippen molar-refractivity contribution in [3.8, 4) is 11.9 Å². The molecule has 3 heterocycles. The second-order valence-electron chi connectivity index (χ2n) is 10.9. The summed E-state index contributed by atoms with van der Waals surface area (Å²) < 4.78 is 28.0. The number of halogens is 1. The Bertz CT molecular complexity index is 1640. The van der Waals surface area contributed by atoms with Gasteiger partial charge in [0.25, 0.3) is 0 Å². The second kappa shape index (κ2) is 10.8. The molecular formula is C31H30FN5O4. The fourth-order valence-electron chi connectivity index (χ4n) is 6.10. The number of fused-ring (bicyclic) bond motifs is 1. The fourth-order valence-corrected chi connectivity index (χ4v) is 6.10. The molecule has 41 heavy (non-hydrogen) atoms. The zero-order chi connectivity index (χ0) is 28.6. The molecule has 1 N–H and O–H groups in total. The smallest absolute Gasteiger partial charge is 0.335 e. The van der Waals surface area contributed by atoms with Gasteiger partial charge in [0, 0.05) is 31.8 Å². The van der Waals surface area contributed by atoms with E-state index in [0.717, 1.165) is 49.2 Å². The molecule has 2 aromatic heterocycles. The van der Waals surface area contributed by atoms with E-state index in [9.17, 15) is 14.3 Å². The van der Waals surface area contributed by atoms with Crippen molar-refractivity contribution in [1.82, 2.24) is 14.5 Å². The van der Waals surface area contributed by atoms with E-state index in [1.807, 2.05) is 22.8 Å². The maximum absolute atomic E-state index is 14.2. The van der Waals surface area contributed by atoms with E-state index in [4.69, 9.17) is 14.7 Å². The molecule has 10 heteroatoms. The van der Waals surface area contributed by atoms with Crippen LogP contribution >= 0.6 is 0 Å². The topological polar surface area (TPSA) is 114 Å². The van der Waals surface area contributed by atoms with Crippen LogP contribution in [0.1, 0.15) is 40.7 Å². The summed E-state index contributed by atoms with van der Waals surface area (Å²) in [5.41, 5.74) is 2.67. The van der Waals surface area contributed by atoms with Gasteiger partial charge in [-0.1, -0.05) is 12.1 Å². The average molecular weight is 556 g/mol. The Labute approximate surface area is 236 Å². The molecule has 2 aliphatic rings. The van der Waals surface area contributed by atoms with E-state index in [1.165, 1.54) is 6.07 Å². The number of carbonyl (C=O) groups is 1. The van der Waals surface area contributed by atoms with Crippen LogP contribution in [0, 0.1) is 28.5 Å². The molecule has 1 aliphatic heterocycles. The SMILES string of the molecule is COC(Cn1cnc2ccc(C(=O)O)cc21)C1CC12CCN(c1cccc(OCc3ccc(C#N)cc3F)n1)CC2. The van der Waals surface area contributed by atoms with Crippen molar-refractivity contribution in [2.45, 2.75) is 38.5 Å². The minimum atomic E-state index is -0.956. The third-order valence-corrected chi connectivity index (χ3v) is 8.60. The van der Waals surface area contributed by atoms with Crippen molar-refractivity contribution in [2.75, 3.05) is 25.1 Å². The van der Waals surface area contributed by atoms with Crippen molar-refractivity contribution in [3.63, 3.8) is 0 Å². The summed E-state index contributed by atoms with van der Waals surface area (Å²) >= 11 is 0. The van der Waals surface area contributed by atoms with Crippen molar-refractivity contribution >= 4 is 22.8 Å². The van der Waals surface area contributed by atoms with Crippen LogP contribution < -0.4 is 9.64 Å². The quantitative estimate of drug-likeness (QED) is 0.306. The molecule has 1 aliphatic carbocycles. The summed E-state index contributed by atoms with van der Waals surface area (Å²) in [6.45, 7) is 2.38. The van der Waals surface area contributed by atoms with Gasteiger partial charge >= 0.3 is 5.97 Å². The fraction of sp³-hybridized carbons (Fsp3) is 0.355. The van der Waals surface area contributed by atoms with Gasteiger partial charge in [-0.3, -0.25) is 0 Å². The van der Waals surface area contributed by atoms with Crippen LogP contribution in [-0.4, -0.2) is 51.9 Å². The predicted octanol–water partition coefficient (Wildman–Crippen LogP) is 5.04. The van der Waals surface area contributed by atoms with Gasteiger partial charge in [-0.15, -0.1) is 0 Å². The van der Waals surface area contributed by atoms with Crippen molar-refractivity contribution in [1.29, 1.82) is 5.26 Å². The Balaban J connectivity index is 1.07. The Hall–Kier alpha value is -4.49. The highest BCUT2D eigenvalue weighted by Crippen LogP contribution is 2.61. The van der Waals surface area contributed by atoms with Crippen LogP contribution in [0.5, 0.6) is 5.88 Å². The van der Waals surface area contributed by atoms with E-state index in [2.05, 4.69) is 14.9 Å². The normalized spacial score (nSPS) is 18.3. The molecule has 1 spiro atoms. The number of anilines is 1. The lowest BCUT2D eigenvalue weighted by Crippen LogP contribution is -2.37. The van der Waals surface area contributed by atoms with E-state index in [0.29, 0.717) is 23.9 Å².